The van der Waals surface area contributed by atoms with Gasteiger partial charge in [0.25, 0.3) is 0 Å². The molecule has 0 saturated heterocycles. The highest BCUT2D eigenvalue weighted by molar-refractivity contribution is 7.98. The molecule has 0 spiro atoms. The minimum atomic E-state index is -0.303. The van der Waals surface area contributed by atoms with E-state index >= 15 is 0 Å². The molecule has 0 saturated carbocycles. The average molecular weight is 372 g/mol. The first-order chi connectivity index (χ1) is 12.6. The Balaban J connectivity index is 2.04. The van der Waals surface area contributed by atoms with Crippen LogP contribution in [-0.2, 0) is 16.1 Å². The van der Waals surface area contributed by atoms with Gasteiger partial charge in [0, 0.05) is 23.7 Å². The molecule has 2 amide bonds. The fourth-order valence-corrected chi connectivity index (χ4v) is 2.80. The molecule has 0 heterocycles. The van der Waals surface area contributed by atoms with Gasteiger partial charge in [-0.05, 0) is 43.0 Å². The van der Waals surface area contributed by atoms with Crippen molar-refractivity contribution in [3.05, 3.63) is 60.2 Å². The zero-order valence-electron chi connectivity index (χ0n) is 15.1. The second-order valence-electron chi connectivity index (χ2n) is 5.62. The van der Waals surface area contributed by atoms with Crippen LogP contribution in [0.2, 0.25) is 0 Å². The zero-order valence-corrected chi connectivity index (χ0v) is 15.9. The Morgan fingerprint density at radius 3 is 2.38 bits per heavy atom. The van der Waals surface area contributed by atoms with Crippen LogP contribution >= 0.6 is 11.8 Å². The summed E-state index contributed by atoms with van der Waals surface area (Å²) in [5.74, 6) is -0.303. The third-order valence-corrected chi connectivity index (χ3v) is 4.48. The van der Waals surface area contributed by atoms with E-state index in [0.717, 1.165) is 16.1 Å². The molecule has 0 unspecified atom stereocenters. The maximum Gasteiger partial charge on any atom is 0.322 e. The largest absolute Gasteiger partial charge is 0.466 e. The molecule has 0 aromatic heterocycles. The Kier molecular flexibility index (Phi) is 8.02. The second kappa shape index (κ2) is 10.5. The monoisotopic (exact) mass is 372 g/mol. The van der Waals surface area contributed by atoms with Crippen molar-refractivity contribution >= 4 is 29.4 Å². The van der Waals surface area contributed by atoms with Gasteiger partial charge in [0.2, 0.25) is 0 Å². The average Bonchev–Trinajstić information content (AvgIpc) is 2.66. The molecule has 2 aromatic carbocycles. The molecular formula is C20H24N2O3S. The van der Waals surface area contributed by atoms with Crippen LogP contribution < -0.4 is 5.32 Å². The Bertz CT molecular complexity index is 705. The van der Waals surface area contributed by atoms with Crippen LogP contribution in [0.3, 0.4) is 0 Å². The van der Waals surface area contributed by atoms with Crippen molar-refractivity contribution in [2.75, 3.05) is 24.7 Å². The molecule has 0 aliphatic rings. The summed E-state index contributed by atoms with van der Waals surface area (Å²) >= 11 is 1.65. The lowest BCUT2D eigenvalue weighted by Crippen LogP contribution is -2.36. The van der Waals surface area contributed by atoms with E-state index in [2.05, 4.69) is 5.32 Å². The number of amides is 2. The number of nitrogens with zero attached hydrogens (tertiary/aromatic N) is 1. The lowest BCUT2D eigenvalue weighted by molar-refractivity contribution is -0.143. The lowest BCUT2D eigenvalue weighted by Gasteiger charge is -2.23. The van der Waals surface area contributed by atoms with Gasteiger partial charge in [-0.1, -0.05) is 30.3 Å². The summed E-state index contributed by atoms with van der Waals surface area (Å²) < 4.78 is 4.97. The second-order valence-corrected chi connectivity index (χ2v) is 6.50. The Labute approximate surface area is 158 Å². The summed E-state index contributed by atoms with van der Waals surface area (Å²) in [5, 5.41) is 2.89. The number of ether oxygens (including phenoxy) is 1. The molecule has 138 valence electrons. The molecule has 0 radical (unpaired) electrons. The van der Waals surface area contributed by atoms with E-state index < -0.39 is 0 Å². The highest BCUT2D eigenvalue weighted by Gasteiger charge is 2.16. The van der Waals surface area contributed by atoms with Gasteiger partial charge in [-0.25, -0.2) is 4.79 Å². The highest BCUT2D eigenvalue weighted by atomic mass is 32.2. The Morgan fingerprint density at radius 1 is 1.08 bits per heavy atom. The van der Waals surface area contributed by atoms with Gasteiger partial charge >= 0.3 is 12.0 Å². The predicted molar refractivity (Wildman–Crippen MR) is 105 cm³/mol. The first-order valence-electron chi connectivity index (χ1n) is 8.52. The number of esters is 1. The quantitative estimate of drug-likeness (QED) is 0.551. The van der Waals surface area contributed by atoms with Crippen molar-refractivity contribution in [2.24, 2.45) is 0 Å². The Morgan fingerprint density at radius 2 is 1.77 bits per heavy atom. The van der Waals surface area contributed by atoms with Gasteiger partial charge in [-0.2, -0.15) is 0 Å². The summed E-state index contributed by atoms with van der Waals surface area (Å²) in [6.45, 7) is 2.83. The zero-order chi connectivity index (χ0) is 18.8. The van der Waals surface area contributed by atoms with Gasteiger partial charge in [-0.15, -0.1) is 11.8 Å². The molecule has 2 rings (SSSR count). The van der Waals surface area contributed by atoms with Crippen LogP contribution in [0.15, 0.2) is 59.5 Å². The standard InChI is InChI=1S/C20H24N2O3S/c1-3-25-19(23)13-14-22(15-16-7-5-4-6-8-16)20(24)21-17-9-11-18(26-2)12-10-17/h4-12H,3,13-15H2,1-2H3,(H,21,24). The molecule has 26 heavy (non-hydrogen) atoms. The number of nitrogens with one attached hydrogen (secondary N) is 1. The number of thioether (sulfide) groups is 1. The molecule has 2 aromatic rings. The van der Waals surface area contributed by atoms with Gasteiger partial charge < -0.3 is 15.0 Å². The number of carbonyl (C=O) groups excluding carboxylic acids is 2. The van der Waals surface area contributed by atoms with Gasteiger partial charge in [0.1, 0.15) is 0 Å². The molecule has 1 N–H and O–H groups in total. The Hall–Kier alpha value is -2.47. The van der Waals surface area contributed by atoms with Crippen LogP contribution in [0.5, 0.6) is 0 Å². The van der Waals surface area contributed by atoms with Crippen molar-refractivity contribution in [3.63, 3.8) is 0 Å². The van der Waals surface area contributed by atoms with Gasteiger partial charge in [0.05, 0.1) is 13.0 Å². The minimum Gasteiger partial charge on any atom is -0.466 e. The number of benzene rings is 2. The number of hydrogen-bond donors (Lipinski definition) is 1. The van der Waals surface area contributed by atoms with E-state index in [-0.39, 0.29) is 18.4 Å². The topological polar surface area (TPSA) is 58.6 Å². The van der Waals surface area contributed by atoms with Crippen molar-refractivity contribution in [3.8, 4) is 0 Å². The van der Waals surface area contributed by atoms with Crippen molar-refractivity contribution in [1.82, 2.24) is 4.90 Å². The first kappa shape index (κ1) is 19.8. The number of rotatable bonds is 8. The summed E-state index contributed by atoms with van der Waals surface area (Å²) in [7, 11) is 0. The fraction of sp³-hybridized carbons (Fsp3) is 0.300. The molecule has 5 nitrogen and oxygen atoms in total. The SMILES string of the molecule is CCOC(=O)CCN(Cc1ccccc1)C(=O)Nc1ccc(SC)cc1. The third kappa shape index (κ3) is 6.44. The molecular weight excluding hydrogens is 348 g/mol. The van der Waals surface area contributed by atoms with Crippen LogP contribution in [0.1, 0.15) is 18.9 Å². The summed E-state index contributed by atoms with van der Waals surface area (Å²) in [5.41, 5.74) is 1.73. The van der Waals surface area contributed by atoms with Crippen molar-refractivity contribution in [1.29, 1.82) is 0 Å². The van der Waals surface area contributed by atoms with E-state index in [1.807, 2.05) is 60.9 Å². The molecule has 0 bridgehead atoms. The van der Waals surface area contributed by atoms with E-state index in [0.29, 0.717) is 19.7 Å². The van der Waals surface area contributed by atoms with Crippen LogP contribution in [0.25, 0.3) is 0 Å². The number of hydrogen-bond acceptors (Lipinski definition) is 4. The normalized spacial score (nSPS) is 10.2. The maximum absolute atomic E-state index is 12.7. The molecule has 0 aliphatic heterocycles. The number of urea groups is 1. The molecule has 0 atom stereocenters. The van der Waals surface area contributed by atoms with Crippen LogP contribution in [0, 0.1) is 0 Å². The summed E-state index contributed by atoms with van der Waals surface area (Å²) in [4.78, 5) is 27.1. The van der Waals surface area contributed by atoms with Gasteiger partial charge in [-0.3, -0.25) is 4.79 Å². The predicted octanol–water partition coefficient (Wildman–Crippen LogP) is 4.40. The molecule has 0 aliphatic carbocycles. The van der Waals surface area contributed by atoms with Crippen molar-refractivity contribution < 1.29 is 14.3 Å². The number of carbonyl (C=O) groups is 2. The summed E-state index contributed by atoms with van der Waals surface area (Å²) in [6.07, 6.45) is 2.17. The van der Waals surface area contributed by atoms with E-state index in [4.69, 9.17) is 4.74 Å². The third-order valence-electron chi connectivity index (χ3n) is 3.74. The smallest absolute Gasteiger partial charge is 0.322 e. The van der Waals surface area contributed by atoms with E-state index in [9.17, 15) is 9.59 Å². The van der Waals surface area contributed by atoms with Crippen LogP contribution in [0.4, 0.5) is 10.5 Å². The minimum absolute atomic E-state index is 0.166. The fourth-order valence-electron chi connectivity index (χ4n) is 2.39. The number of anilines is 1. The maximum atomic E-state index is 12.7. The van der Waals surface area contributed by atoms with Crippen LogP contribution in [-0.4, -0.2) is 36.3 Å². The van der Waals surface area contributed by atoms with Gasteiger partial charge in [0.15, 0.2) is 0 Å². The highest BCUT2D eigenvalue weighted by Crippen LogP contribution is 2.18. The first-order valence-corrected chi connectivity index (χ1v) is 9.74. The van der Waals surface area contributed by atoms with E-state index in [1.54, 1.807) is 23.6 Å². The molecule has 0 fully saturated rings. The van der Waals surface area contributed by atoms with Crippen molar-refractivity contribution in [2.45, 2.75) is 24.8 Å². The summed E-state index contributed by atoms with van der Waals surface area (Å²) in [6, 6.07) is 17.1. The lowest BCUT2D eigenvalue weighted by atomic mass is 10.2. The van der Waals surface area contributed by atoms with E-state index in [1.165, 1.54) is 0 Å². The molecule has 6 heteroatoms.